The Kier molecular flexibility index (Phi) is 4.94. The molecule has 0 unspecified atom stereocenters. The van der Waals surface area contributed by atoms with Gasteiger partial charge in [-0.1, -0.05) is 18.2 Å². The summed E-state index contributed by atoms with van der Waals surface area (Å²) in [7, 11) is 1.64. The third-order valence-corrected chi connectivity index (χ3v) is 3.38. The molecule has 0 radical (unpaired) electrons. The molecular weight excluding hydrogens is 270 g/mol. The van der Waals surface area contributed by atoms with Gasteiger partial charge in [-0.05, 0) is 29.7 Å². The first-order valence-electron chi connectivity index (χ1n) is 6.73. The first-order chi connectivity index (χ1) is 10.1. The van der Waals surface area contributed by atoms with E-state index in [1.54, 1.807) is 7.11 Å². The fourth-order valence-electron chi connectivity index (χ4n) is 2.30. The number of amides is 3. The van der Waals surface area contributed by atoms with Gasteiger partial charge in [0.15, 0.2) is 0 Å². The summed E-state index contributed by atoms with van der Waals surface area (Å²) in [5, 5.41) is 2.07. The first kappa shape index (κ1) is 15.1. The fraction of sp³-hybridized carbons (Fsp3) is 0.333. The lowest BCUT2D eigenvalue weighted by molar-refractivity contribution is -0.121. The summed E-state index contributed by atoms with van der Waals surface area (Å²) >= 11 is 0. The van der Waals surface area contributed by atoms with Crippen LogP contribution in [-0.4, -0.2) is 43.6 Å². The minimum atomic E-state index is -0.813. The fourth-order valence-corrected chi connectivity index (χ4v) is 2.30. The SMILES string of the molecule is COc1ccc(C2=CCN(CC(=O)NC(N)=O)CC2)cc1. The van der Waals surface area contributed by atoms with E-state index < -0.39 is 6.03 Å². The van der Waals surface area contributed by atoms with Crippen LogP contribution in [0.2, 0.25) is 0 Å². The van der Waals surface area contributed by atoms with Crippen LogP contribution in [0.25, 0.3) is 5.57 Å². The third-order valence-electron chi connectivity index (χ3n) is 3.38. The second kappa shape index (κ2) is 6.90. The van der Waals surface area contributed by atoms with Crippen molar-refractivity contribution < 1.29 is 14.3 Å². The summed E-state index contributed by atoms with van der Waals surface area (Å²) < 4.78 is 5.14. The van der Waals surface area contributed by atoms with E-state index in [0.29, 0.717) is 6.54 Å². The van der Waals surface area contributed by atoms with Crippen molar-refractivity contribution in [2.24, 2.45) is 5.73 Å². The number of urea groups is 1. The van der Waals surface area contributed by atoms with E-state index in [9.17, 15) is 9.59 Å². The molecule has 0 saturated heterocycles. The molecule has 112 valence electrons. The van der Waals surface area contributed by atoms with E-state index in [2.05, 4.69) is 11.4 Å². The molecule has 1 aliphatic heterocycles. The number of primary amides is 1. The molecule has 2 rings (SSSR count). The zero-order chi connectivity index (χ0) is 15.2. The average molecular weight is 289 g/mol. The molecule has 0 atom stereocenters. The number of hydrogen-bond donors (Lipinski definition) is 2. The number of rotatable bonds is 4. The minimum Gasteiger partial charge on any atom is -0.497 e. The summed E-state index contributed by atoms with van der Waals surface area (Å²) in [5.41, 5.74) is 7.33. The van der Waals surface area contributed by atoms with Gasteiger partial charge in [0.05, 0.1) is 13.7 Å². The maximum Gasteiger partial charge on any atom is 0.318 e. The van der Waals surface area contributed by atoms with Gasteiger partial charge in [-0.15, -0.1) is 0 Å². The van der Waals surface area contributed by atoms with Crippen molar-refractivity contribution in [2.45, 2.75) is 6.42 Å². The Morgan fingerprint density at radius 2 is 2.05 bits per heavy atom. The smallest absolute Gasteiger partial charge is 0.318 e. The van der Waals surface area contributed by atoms with Crippen LogP contribution in [0.15, 0.2) is 30.3 Å². The van der Waals surface area contributed by atoms with Crippen molar-refractivity contribution in [3.8, 4) is 5.75 Å². The lowest BCUT2D eigenvalue weighted by Crippen LogP contribution is -2.43. The van der Waals surface area contributed by atoms with Gasteiger partial charge < -0.3 is 10.5 Å². The second-order valence-corrected chi connectivity index (χ2v) is 4.86. The Labute approximate surface area is 123 Å². The van der Waals surface area contributed by atoms with Crippen molar-refractivity contribution in [3.63, 3.8) is 0 Å². The summed E-state index contributed by atoms with van der Waals surface area (Å²) in [6, 6.07) is 7.11. The monoisotopic (exact) mass is 289 g/mol. The maximum absolute atomic E-state index is 11.5. The molecule has 0 bridgehead atoms. The minimum absolute atomic E-state index is 0.176. The molecule has 21 heavy (non-hydrogen) atoms. The van der Waals surface area contributed by atoms with Gasteiger partial charge in [-0.3, -0.25) is 15.0 Å². The number of nitrogens with one attached hydrogen (secondary N) is 1. The van der Waals surface area contributed by atoms with E-state index >= 15 is 0 Å². The number of ether oxygens (including phenoxy) is 1. The number of nitrogens with zero attached hydrogens (tertiary/aromatic N) is 1. The highest BCUT2D eigenvalue weighted by Gasteiger charge is 2.16. The Balaban J connectivity index is 1.92. The van der Waals surface area contributed by atoms with Gasteiger partial charge in [-0.25, -0.2) is 4.79 Å². The molecule has 1 aromatic rings. The summed E-state index contributed by atoms with van der Waals surface area (Å²) in [6.45, 7) is 1.62. The molecule has 0 aromatic heterocycles. The van der Waals surface area contributed by atoms with Crippen LogP contribution >= 0.6 is 0 Å². The number of carbonyl (C=O) groups is 2. The van der Waals surface area contributed by atoms with Crippen molar-refractivity contribution in [3.05, 3.63) is 35.9 Å². The Morgan fingerprint density at radius 3 is 2.57 bits per heavy atom. The van der Waals surface area contributed by atoms with Gasteiger partial charge >= 0.3 is 6.03 Å². The quantitative estimate of drug-likeness (QED) is 0.865. The summed E-state index contributed by atoms with van der Waals surface area (Å²) in [4.78, 5) is 24.0. The van der Waals surface area contributed by atoms with E-state index in [-0.39, 0.29) is 12.5 Å². The highest BCUT2D eigenvalue weighted by atomic mass is 16.5. The van der Waals surface area contributed by atoms with Crippen LogP contribution in [-0.2, 0) is 4.79 Å². The van der Waals surface area contributed by atoms with Gasteiger partial charge in [0.2, 0.25) is 5.91 Å². The normalized spacial score (nSPS) is 15.2. The standard InChI is InChI=1S/C15H19N3O3/c1-21-13-4-2-11(3-5-13)12-6-8-18(9-7-12)10-14(19)17-15(16)20/h2-6H,7-10H2,1H3,(H3,16,17,19,20). The third kappa shape index (κ3) is 4.32. The number of methoxy groups -OCH3 is 1. The van der Waals surface area contributed by atoms with Crippen LogP contribution in [0, 0.1) is 0 Å². The maximum atomic E-state index is 11.5. The predicted molar refractivity (Wildman–Crippen MR) is 79.8 cm³/mol. The molecule has 0 spiro atoms. The topological polar surface area (TPSA) is 84.7 Å². The molecule has 3 N–H and O–H groups in total. The molecule has 1 aliphatic rings. The number of hydrogen-bond acceptors (Lipinski definition) is 4. The van der Waals surface area contributed by atoms with Gasteiger partial charge in [0, 0.05) is 13.1 Å². The lowest BCUT2D eigenvalue weighted by Gasteiger charge is -2.25. The number of nitrogens with two attached hydrogens (primary N) is 1. The van der Waals surface area contributed by atoms with Crippen molar-refractivity contribution >= 4 is 17.5 Å². The highest BCUT2D eigenvalue weighted by molar-refractivity contribution is 5.94. The number of carbonyl (C=O) groups excluding carboxylic acids is 2. The molecule has 1 heterocycles. The molecule has 0 saturated carbocycles. The van der Waals surface area contributed by atoms with Gasteiger partial charge in [0.1, 0.15) is 5.75 Å². The van der Waals surface area contributed by atoms with Crippen molar-refractivity contribution in [1.82, 2.24) is 10.2 Å². The average Bonchev–Trinajstić information content (AvgIpc) is 2.47. The predicted octanol–water partition coefficient (Wildman–Crippen LogP) is 0.979. The Hall–Kier alpha value is -2.34. The molecule has 6 nitrogen and oxygen atoms in total. The zero-order valence-corrected chi connectivity index (χ0v) is 12.0. The Morgan fingerprint density at radius 1 is 1.33 bits per heavy atom. The van der Waals surface area contributed by atoms with Crippen LogP contribution in [0.3, 0.4) is 0 Å². The lowest BCUT2D eigenvalue weighted by atomic mass is 9.99. The van der Waals surface area contributed by atoms with Gasteiger partial charge in [-0.2, -0.15) is 0 Å². The first-order valence-corrected chi connectivity index (χ1v) is 6.73. The number of imide groups is 1. The van der Waals surface area contributed by atoms with E-state index in [0.717, 1.165) is 24.3 Å². The molecular formula is C15H19N3O3. The van der Waals surface area contributed by atoms with Crippen molar-refractivity contribution in [2.75, 3.05) is 26.7 Å². The second-order valence-electron chi connectivity index (χ2n) is 4.86. The van der Waals surface area contributed by atoms with Gasteiger partial charge in [0.25, 0.3) is 0 Å². The van der Waals surface area contributed by atoms with E-state index in [4.69, 9.17) is 10.5 Å². The molecule has 1 aromatic carbocycles. The summed E-state index contributed by atoms with van der Waals surface area (Å²) in [6.07, 6.45) is 2.96. The largest absolute Gasteiger partial charge is 0.497 e. The molecule has 0 fully saturated rings. The molecule has 0 aliphatic carbocycles. The summed E-state index contributed by atoms with van der Waals surface area (Å²) in [5.74, 6) is 0.462. The van der Waals surface area contributed by atoms with E-state index in [1.807, 2.05) is 29.2 Å². The Bertz CT molecular complexity index is 552. The van der Waals surface area contributed by atoms with Crippen molar-refractivity contribution in [1.29, 1.82) is 0 Å². The van der Waals surface area contributed by atoms with Crippen LogP contribution in [0.1, 0.15) is 12.0 Å². The number of benzene rings is 1. The molecule has 6 heteroatoms. The van der Waals surface area contributed by atoms with Crippen LogP contribution < -0.4 is 15.8 Å². The zero-order valence-electron chi connectivity index (χ0n) is 12.0. The molecule has 3 amide bonds. The van der Waals surface area contributed by atoms with Crippen LogP contribution in [0.5, 0.6) is 5.75 Å². The van der Waals surface area contributed by atoms with Crippen LogP contribution in [0.4, 0.5) is 4.79 Å². The highest BCUT2D eigenvalue weighted by Crippen LogP contribution is 2.24. The van der Waals surface area contributed by atoms with E-state index in [1.165, 1.54) is 5.57 Å².